The van der Waals surface area contributed by atoms with E-state index < -0.39 is 0 Å². The Hall–Kier alpha value is -2.40. The molecule has 5 nitrogen and oxygen atoms in total. The fourth-order valence-electron chi connectivity index (χ4n) is 3.56. The molecule has 1 aliphatic rings. The lowest BCUT2D eigenvalue weighted by Gasteiger charge is -2.33. The first-order valence-electron chi connectivity index (χ1n) is 9.87. The average molecular weight is 366 g/mol. The van der Waals surface area contributed by atoms with Crippen molar-refractivity contribution >= 4 is 5.96 Å². The highest BCUT2D eigenvalue weighted by Gasteiger charge is 2.19. The lowest BCUT2D eigenvalue weighted by atomic mass is 10.0. The van der Waals surface area contributed by atoms with Crippen molar-refractivity contribution in [1.82, 2.24) is 20.5 Å². The third kappa shape index (κ3) is 6.07. The van der Waals surface area contributed by atoms with Gasteiger partial charge in [-0.05, 0) is 48.9 Å². The van der Waals surface area contributed by atoms with Gasteiger partial charge in [-0.1, -0.05) is 30.3 Å². The number of aryl methyl sites for hydroxylation is 1. The molecule has 0 aliphatic carbocycles. The van der Waals surface area contributed by atoms with E-state index in [1.807, 2.05) is 19.4 Å². The maximum atomic E-state index is 4.39. The zero-order chi connectivity index (χ0) is 18.9. The van der Waals surface area contributed by atoms with E-state index in [2.05, 4.69) is 68.8 Å². The van der Waals surface area contributed by atoms with Crippen LogP contribution < -0.4 is 10.6 Å². The van der Waals surface area contributed by atoms with Gasteiger partial charge in [0.15, 0.2) is 5.96 Å². The van der Waals surface area contributed by atoms with Gasteiger partial charge < -0.3 is 10.6 Å². The van der Waals surface area contributed by atoms with Gasteiger partial charge >= 0.3 is 0 Å². The largest absolute Gasteiger partial charge is 0.356 e. The van der Waals surface area contributed by atoms with Crippen LogP contribution in [0.5, 0.6) is 0 Å². The van der Waals surface area contributed by atoms with Crippen LogP contribution >= 0.6 is 0 Å². The van der Waals surface area contributed by atoms with Gasteiger partial charge in [0.2, 0.25) is 0 Å². The monoisotopic (exact) mass is 365 g/mol. The summed E-state index contributed by atoms with van der Waals surface area (Å²) in [6, 6.07) is 13.3. The number of hydrogen-bond acceptors (Lipinski definition) is 3. The van der Waals surface area contributed by atoms with Crippen molar-refractivity contribution in [3.05, 3.63) is 65.5 Å². The molecule has 0 atom stereocenters. The van der Waals surface area contributed by atoms with E-state index in [1.165, 1.54) is 16.7 Å². The summed E-state index contributed by atoms with van der Waals surface area (Å²) in [7, 11) is 1.84. The molecular weight excluding hydrogens is 334 g/mol. The summed E-state index contributed by atoms with van der Waals surface area (Å²) in [5.41, 5.74) is 3.97. The normalized spacial score (nSPS) is 16.3. The number of aromatic nitrogens is 1. The lowest BCUT2D eigenvalue weighted by molar-refractivity contribution is 0.198. The Morgan fingerprint density at radius 1 is 1.19 bits per heavy atom. The van der Waals surface area contributed by atoms with Gasteiger partial charge in [-0.15, -0.1) is 0 Å². The molecule has 2 aromatic rings. The van der Waals surface area contributed by atoms with Crippen LogP contribution in [-0.2, 0) is 13.0 Å². The fourth-order valence-corrected chi connectivity index (χ4v) is 3.56. The smallest absolute Gasteiger partial charge is 0.191 e. The summed E-state index contributed by atoms with van der Waals surface area (Å²) < 4.78 is 0. The average Bonchev–Trinajstić information content (AvgIpc) is 2.71. The predicted octanol–water partition coefficient (Wildman–Crippen LogP) is 2.76. The van der Waals surface area contributed by atoms with Crippen LogP contribution in [0.1, 0.15) is 29.5 Å². The molecule has 0 radical (unpaired) electrons. The molecule has 5 heteroatoms. The number of nitrogens with one attached hydrogen (secondary N) is 2. The van der Waals surface area contributed by atoms with E-state index in [0.717, 1.165) is 51.4 Å². The number of guanidine groups is 1. The topological polar surface area (TPSA) is 52.6 Å². The first kappa shape index (κ1) is 19.4. The zero-order valence-electron chi connectivity index (χ0n) is 16.5. The molecule has 0 saturated carbocycles. The second-order valence-electron chi connectivity index (χ2n) is 7.23. The number of aliphatic imine (C=N–C) groups is 1. The maximum absolute atomic E-state index is 4.39. The summed E-state index contributed by atoms with van der Waals surface area (Å²) >= 11 is 0. The summed E-state index contributed by atoms with van der Waals surface area (Å²) in [6.45, 7) is 6.28. The van der Waals surface area contributed by atoms with Gasteiger partial charge in [0.05, 0.1) is 0 Å². The van der Waals surface area contributed by atoms with Crippen molar-refractivity contribution in [2.24, 2.45) is 4.99 Å². The highest BCUT2D eigenvalue weighted by Crippen LogP contribution is 2.13. The molecule has 0 amide bonds. The van der Waals surface area contributed by atoms with Crippen molar-refractivity contribution in [3.63, 3.8) is 0 Å². The van der Waals surface area contributed by atoms with E-state index in [-0.39, 0.29) is 0 Å². The Labute approximate surface area is 162 Å². The number of benzene rings is 1. The number of hydrogen-bond donors (Lipinski definition) is 2. The molecule has 2 N–H and O–H groups in total. The number of pyridine rings is 1. The molecule has 1 aromatic heterocycles. The minimum atomic E-state index is 0.492. The molecule has 1 aromatic carbocycles. The highest BCUT2D eigenvalue weighted by molar-refractivity contribution is 5.79. The Bertz CT molecular complexity index is 720. The van der Waals surface area contributed by atoms with Crippen LogP contribution in [0.4, 0.5) is 0 Å². The van der Waals surface area contributed by atoms with E-state index in [0.29, 0.717) is 6.04 Å². The van der Waals surface area contributed by atoms with Crippen molar-refractivity contribution in [2.45, 2.75) is 38.8 Å². The quantitative estimate of drug-likeness (QED) is 0.611. The SMILES string of the molecule is CN=C(NCCc1ccncc1C)NC1CCN(Cc2ccccc2)CC1. The fraction of sp³-hybridized carbons (Fsp3) is 0.455. The van der Waals surface area contributed by atoms with Gasteiger partial charge in [0.25, 0.3) is 0 Å². The van der Waals surface area contributed by atoms with Crippen molar-refractivity contribution in [1.29, 1.82) is 0 Å². The summed E-state index contributed by atoms with van der Waals surface area (Å²) in [5, 5.41) is 7.04. The Kier molecular flexibility index (Phi) is 7.22. The zero-order valence-corrected chi connectivity index (χ0v) is 16.5. The van der Waals surface area contributed by atoms with Gasteiger partial charge in [0.1, 0.15) is 0 Å². The van der Waals surface area contributed by atoms with Gasteiger partial charge in [-0.25, -0.2) is 0 Å². The van der Waals surface area contributed by atoms with Gasteiger partial charge in [-0.3, -0.25) is 14.9 Å². The summed E-state index contributed by atoms with van der Waals surface area (Å²) in [6.07, 6.45) is 7.06. The molecule has 1 fully saturated rings. The number of likely N-dealkylation sites (tertiary alicyclic amines) is 1. The molecule has 2 heterocycles. The first-order chi connectivity index (χ1) is 13.2. The van der Waals surface area contributed by atoms with Crippen LogP contribution in [0.3, 0.4) is 0 Å². The number of piperidine rings is 1. The third-order valence-corrected chi connectivity index (χ3v) is 5.22. The van der Waals surface area contributed by atoms with E-state index in [9.17, 15) is 0 Å². The second kappa shape index (κ2) is 10.1. The van der Waals surface area contributed by atoms with Crippen molar-refractivity contribution < 1.29 is 0 Å². The van der Waals surface area contributed by atoms with Crippen LogP contribution in [-0.4, -0.2) is 48.6 Å². The molecular formula is C22H31N5. The molecule has 27 heavy (non-hydrogen) atoms. The number of nitrogens with zero attached hydrogens (tertiary/aromatic N) is 3. The molecule has 1 saturated heterocycles. The molecule has 0 unspecified atom stereocenters. The van der Waals surface area contributed by atoms with E-state index in [4.69, 9.17) is 0 Å². The standard InChI is InChI=1S/C22H31N5/c1-18-16-24-12-8-20(18)9-13-25-22(23-2)26-21-10-14-27(15-11-21)17-19-6-4-3-5-7-19/h3-8,12,16,21H,9-11,13-15,17H2,1-2H3,(H2,23,25,26). The van der Waals surface area contributed by atoms with E-state index in [1.54, 1.807) is 0 Å². The van der Waals surface area contributed by atoms with Crippen molar-refractivity contribution in [3.8, 4) is 0 Å². The molecule has 3 rings (SSSR count). The van der Waals surface area contributed by atoms with Crippen LogP contribution in [0.2, 0.25) is 0 Å². The van der Waals surface area contributed by atoms with Crippen LogP contribution in [0.15, 0.2) is 53.8 Å². The molecule has 0 spiro atoms. The minimum absolute atomic E-state index is 0.492. The predicted molar refractivity (Wildman–Crippen MR) is 112 cm³/mol. The number of rotatable bonds is 6. The maximum Gasteiger partial charge on any atom is 0.191 e. The van der Waals surface area contributed by atoms with Crippen LogP contribution in [0, 0.1) is 6.92 Å². The second-order valence-corrected chi connectivity index (χ2v) is 7.23. The van der Waals surface area contributed by atoms with Crippen LogP contribution in [0.25, 0.3) is 0 Å². The molecule has 1 aliphatic heterocycles. The third-order valence-electron chi connectivity index (χ3n) is 5.22. The minimum Gasteiger partial charge on any atom is -0.356 e. The van der Waals surface area contributed by atoms with Crippen molar-refractivity contribution in [2.75, 3.05) is 26.7 Å². The lowest BCUT2D eigenvalue weighted by Crippen LogP contribution is -2.48. The Balaban J connectivity index is 1.38. The van der Waals surface area contributed by atoms with E-state index >= 15 is 0 Å². The van der Waals surface area contributed by atoms with Gasteiger partial charge in [-0.2, -0.15) is 0 Å². The molecule has 144 valence electrons. The Morgan fingerprint density at radius 2 is 1.96 bits per heavy atom. The molecule has 0 bridgehead atoms. The summed E-state index contributed by atoms with van der Waals surface area (Å²) in [5.74, 6) is 0.906. The highest BCUT2D eigenvalue weighted by atomic mass is 15.2. The Morgan fingerprint density at radius 3 is 2.67 bits per heavy atom. The summed E-state index contributed by atoms with van der Waals surface area (Å²) in [4.78, 5) is 11.1. The first-order valence-corrected chi connectivity index (χ1v) is 9.87. The van der Waals surface area contributed by atoms with Gasteiger partial charge in [0, 0.05) is 51.7 Å².